The third-order valence-corrected chi connectivity index (χ3v) is 4.26. The molecule has 1 aliphatic rings. The van der Waals surface area contributed by atoms with Gasteiger partial charge in [0, 0.05) is 20.1 Å². The first-order valence-corrected chi connectivity index (χ1v) is 7.73. The molecule has 1 aromatic carbocycles. The molecule has 0 amide bonds. The van der Waals surface area contributed by atoms with Crippen molar-refractivity contribution < 1.29 is 17.9 Å². The Kier molecular flexibility index (Phi) is 3.94. The van der Waals surface area contributed by atoms with E-state index in [2.05, 4.69) is 4.98 Å². The molecule has 1 N–H and O–H groups in total. The molecule has 0 saturated carbocycles. The highest BCUT2D eigenvalue weighted by molar-refractivity contribution is 7.79. The fraction of sp³-hybridized carbons (Fsp3) is 0.385. The maximum absolute atomic E-state index is 13.6. The average molecular weight is 327 g/mol. The molecule has 3 rings (SSSR count). The first-order valence-electron chi connectivity index (χ1n) is 6.63. The summed E-state index contributed by atoms with van der Waals surface area (Å²) in [7, 11) is 1.54. The van der Waals surface area contributed by atoms with Gasteiger partial charge in [-0.2, -0.15) is 0 Å². The van der Waals surface area contributed by atoms with E-state index in [0.717, 1.165) is 12.1 Å². The third-order valence-electron chi connectivity index (χ3n) is 3.57. The molecular weight excluding hydrogens is 313 g/mol. The van der Waals surface area contributed by atoms with Gasteiger partial charge in [-0.3, -0.25) is 9.36 Å². The molecule has 22 heavy (non-hydrogen) atoms. The van der Waals surface area contributed by atoms with Crippen LogP contribution in [0.25, 0.3) is 10.9 Å². The largest absolute Gasteiger partial charge is 0.378 e. The molecule has 0 radical (unpaired) electrons. The van der Waals surface area contributed by atoms with Gasteiger partial charge in [0.05, 0.1) is 29.0 Å². The zero-order valence-electron chi connectivity index (χ0n) is 11.8. The van der Waals surface area contributed by atoms with E-state index < -0.39 is 22.5 Å². The van der Waals surface area contributed by atoms with Crippen LogP contribution < -0.4 is 10.5 Å². The van der Waals surface area contributed by atoms with Crippen molar-refractivity contribution in [3.8, 4) is 0 Å². The normalized spacial score (nSPS) is 17.0. The SMILES string of the molecule is Cn1c(N2CCOCC2)nc2c(S(=O)O)cc(F)cc2c1=O. The molecule has 1 aliphatic heterocycles. The Morgan fingerprint density at radius 1 is 1.36 bits per heavy atom. The second-order valence-corrected chi connectivity index (χ2v) is 5.86. The number of rotatable bonds is 2. The second-order valence-electron chi connectivity index (χ2n) is 4.92. The number of aromatic nitrogens is 2. The topological polar surface area (TPSA) is 84.7 Å². The monoisotopic (exact) mass is 327 g/mol. The molecule has 1 saturated heterocycles. The minimum Gasteiger partial charge on any atom is -0.378 e. The molecular formula is C13H14FN3O4S. The van der Waals surface area contributed by atoms with Crippen LogP contribution in [-0.4, -0.2) is 44.6 Å². The van der Waals surface area contributed by atoms with Gasteiger partial charge in [0.15, 0.2) is 11.1 Å². The molecule has 9 heteroatoms. The van der Waals surface area contributed by atoms with Crippen molar-refractivity contribution in [2.75, 3.05) is 31.2 Å². The van der Waals surface area contributed by atoms with Crippen LogP contribution in [0.4, 0.5) is 10.3 Å². The second kappa shape index (κ2) is 5.75. The van der Waals surface area contributed by atoms with E-state index in [1.54, 1.807) is 7.05 Å². The fourth-order valence-electron chi connectivity index (χ4n) is 2.48. The first kappa shape index (κ1) is 15.1. The summed E-state index contributed by atoms with van der Waals surface area (Å²) >= 11 is -2.44. The molecule has 2 aromatic rings. The predicted molar refractivity (Wildman–Crippen MR) is 79.0 cm³/mol. The van der Waals surface area contributed by atoms with E-state index in [9.17, 15) is 17.9 Å². The van der Waals surface area contributed by atoms with Crippen molar-refractivity contribution in [3.05, 3.63) is 28.3 Å². The third kappa shape index (κ3) is 2.51. The van der Waals surface area contributed by atoms with Crippen LogP contribution in [0.5, 0.6) is 0 Å². The highest BCUT2D eigenvalue weighted by Crippen LogP contribution is 2.22. The maximum atomic E-state index is 13.6. The summed E-state index contributed by atoms with van der Waals surface area (Å²) in [6.07, 6.45) is 0. The van der Waals surface area contributed by atoms with Crippen molar-refractivity contribution in [2.45, 2.75) is 4.90 Å². The Morgan fingerprint density at radius 2 is 2.05 bits per heavy atom. The van der Waals surface area contributed by atoms with Gasteiger partial charge >= 0.3 is 0 Å². The van der Waals surface area contributed by atoms with Crippen molar-refractivity contribution in [1.29, 1.82) is 0 Å². The average Bonchev–Trinajstić information content (AvgIpc) is 2.51. The maximum Gasteiger partial charge on any atom is 0.262 e. The molecule has 1 aromatic heterocycles. The minimum atomic E-state index is -2.44. The summed E-state index contributed by atoms with van der Waals surface area (Å²) in [6, 6.07) is 1.96. The van der Waals surface area contributed by atoms with Gasteiger partial charge < -0.3 is 14.2 Å². The number of nitrogens with zero attached hydrogens (tertiary/aromatic N) is 3. The smallest absolute Gasteiger partial charge is 0.262 e. The summed E-state index contributed by atoms with van der Waals surface area (Å²) in [5, 5.41) is -0.0168. The summed E-state index contributed by atoms with van der Waals surface area (Å²) in [5.41, 5.74) is -0.412. The van der Waals surface area contributed by atoms with E-state index in [4.69, 9.17) is 4.74 Å². The number of hydrogen-bond acceptors (Lipinski definition) is 5. The van der Waals surface area contributed by atoms with Crippen LogP contribution in [0.1, 0.15) is 0 Å². The van der Waals surface area contributed by atoms with Crippen molar-refractivity contribution in [2.24, 2.45) is 7.05 Å². The molecule has 0 aliphatic carbocycles. The van der Waals surface area contributed by atoms with Crippen LogP contribution in [0.15, 0.2) is 21.8 Å². The summed E-state index contributed by atoms with van der Waals surface area (Å²) in [4.78, 5) is 18.4. The van der Waals surface area contributed by atoms with Crippen LogP contribution in [-0.2, 0) is 22.9 Å². The lowest BCUT2D eigenvalue weighted by molar-refractivity contribution is 0.121. The molecule has 0 spiro atoms. The number of halogens is 1. The lowest BCUT2D eigenvalue weighted by Gasteiger charge is -2.29. The molecule has 7 nitrogen and oxygen atoms in total. The lowest BCUT2D eigenvalue weighted by Crippen LogP contribution is -2.40. The van der Waals surface area contributed by atoms with Crippen LogP contribution in [0.2, 0.25) is 0 Å². The van der Waals surface area contributed by atoms with Crippen molar-refractivity contribution >= 4 is 27.9 Å². The van der Waals surface area contributed by atoms with Crippen molar-refractivity contribution in [3.63, 3.8) is 0 Å². The van der Waals surface area contributed by atoms with Gasteiger partial charge in [0.2, 0.25) is 5.95 Å². The van der Waals surface area contributed by atoms with E-state index >= 15 is 0 Å². The summed E-state index contributed by atoms with van der Waals surface area (Å²) < 4.78 is 40.9. The molecule has 118 valence electrons. The molecule has 0 bridgehead atoms. The zero-order valence-corrected chi connectivity index (χ0v) is 12.6. The van der Waals surface area contributed by atoms with Gasteiger partial charge in [-0.15, -0.1) is 0 Å². The van der Waals surface area contributed by atoms with Gasteiger partial charge in [-0.1, -0.05) is 0 Å². The Labute approximate surface area is 127 Å². The van der Waals surface area contributed by atoms with E-state index in [-0.39, 0.29) is 15.8 Å². The number of anilines is 1. The fourth-order valence-corrected chi connectivity index (χ4v) is 3.01. The van der Waals surface area contributed by atoms with Gasteiger partial charge in [-0.05, 0) is 12.1 Å². The zero-order chi connectivity index (χ0) is 15.9. The van der Waals surface area contributed by atoms with Gasteiger partial charge in [0.1, 0.15) is 5.82 Å². The summed E-state index contributed by atoms with van der Waals surface area (Å²) in [6.45, 7) is 2.14. The Balaban J connectivity index is 2.29. The highest BCUT2D eigenvalue weighted by Gasteiger charge is 2.20. The lowest BCUT2D eigenvalue weighted by atomic mass is 10.2. The van der Waals surface area contributed by atoms with Crippen LogP contribution in [0, 0.1) is 5.82 Å². The van der Waals surface area contributed by atoms with E-state index in [1.807, 2.05) is 4.90 Å². The van der Waals surface area contributed by atoms with E-state index in [1.165, 1.54) is 4.57 Å². The van der Waals surface area contributed by atoms with Crippen molar-refractivity contribution in [1.82, 2.24) is 9.55 Å². The number of ether oxygens (including phenoxy) is 1. The number of fused-ring (bicyclic) bond motifs is 1. The molecule has 1 fully saturated rings. The van der Waals surface area contributed by atoms with Crippen LogP contribution >= 0.6 is 0 Å². The standard InChI is InChI=1S/C13H14FN3O4S/c1-16-12(18)9-6-8(14)7-10(22(19)20)11(9)15-13(16)17-2-4-21-5-3-17/h6-7H,2-5H2,1H3,(H,19,20). The summed E-state index contributed by atoms with van der Waals surface area (Å²) in [5.74, 6) is -0.373. The Hall–Kier alpha value is -1.84. The molecule has 1 unspecified atom stereocenters. The highest BCUT2D eigenvalue weighted by atomic mass is 32.2. The first-order chi connectivity index (χ1) is 10.5. The molecule has 2 heterocycles. The molecule has 1 atom stereocenters. The number of hydrogen-bond donors (Lipinski definition) is 1. The van der Waals surface area contributed by atoms with Gasteiger partial charge in [0.25, 0.3) is 5.56 Å². The predicted octanol–water partition coefficient (Wildman–Crippen LogP) is 0.490. The number of morpholine rings is 1. The van der Waals surface area contributed by atoms with E-state index in [0.29, 0.717) is 32.3 Å². The Morgan fingerprint density at radius 3 is 2.68 bits per heavy atom. The Bertz CT molecular complexity index is 817. The minimum absolute atomic E-state index is 0.0168. The quantitative estimate of drug-likeness (QED) is 0.808. The number of benzene rings is 1. The van der Waals surface area contributed by atoms with Gasteiger partial charge in [-0.25, -0.2) is 13.6 Å². The van der Waals surface area contributed by atoms with Crippen LogP contribution in [0.3, 0.4) is 0 Å².